The van der Waals surface area contributed by atoms with E-state index in [-0.39, 0.29) is 29.4 Å². The lowest BCUT2D eigenvalue weighted by Gasteiger charge is -2.38. The molecule has 0 nitrogen and oxygen atoms in total. The van der Waals surface area contributed by atoms with Crippen molar-refractivity contribution in [3.8, 4) is 0 Å². The maximum Gasteiger partial charge on any atom is 0.145 e. The number of halogens is 5. The summed E-state index contributed by atoms with van der Waals surface area (Å²) in [5.41, 5.74) is 1.84. The lowest BCUT2D eigenvalue weighted by molar-refractivity contribution is 0.175. The second-order valence-corrected chi connectivity index (χ2v) is 12.3. The Kier molecular flexibility index (Phi) is 8.01. The quantitative estimate of drug-likeness (QED) is 0.278. The van der Waals surface area contributed by atoms with Gasteiger partial charge in [0.25, 0.3) is 0 Å². The molecule has 2 aromatic carbocycles. The molecule has 0 radical (unpaired) electrons. The minimum absolute atomic E-state index is 0.0435. The zero-order valence-corrected chi connectivity index (χ0v) is 21.9. The average molecular weight is 521 g/mol. The summed E-state index contributed by atoms with van der Waals surface area (Å²) in [6.07, 6.45) is 11.8. The normalized spacial score (nSPS) is 31.4. The van der Waals surface area contributed by atoms with Crippen molar-refractivity contribution >= 4 is 11.6 Å². The van der Waals surface area contributed by atoms with E-state index in [0.717, 1.165) is 82.6 Å². The molecule has 0 aromatic heterocycles. The molecule has 36 heavy (non-hydrogen) atoms. The molecule has 0 saturated heterocycles. The maximum absolute atomic E-state index is 15.2. The van der Waals surface area contributed by atoms with Gasteiger partial charge in [0.1, 0.15) is 28.3 Å². The fraction of sp³-hybridized carbons (Fsp3) is 0.613. The third-order valence-corrected chi connectivity index (χ3v) is 10.0. The Morgan fingerprint density at radius 2 is 0.889 bits per heavy atom. The van der Waals surface area contributed by atoms with E-state index in [4.69, 9.17) is 11.6 Å². The molecule has 5 rings (SSSR count). The number of rotatable bonds is 4. The summed E-state index contributed by atoms with van der Waals surface area (Å²) in [6.45, 7) is 2.25. The first-order valence-corrected chi connectivity index (χ1v) is 14.3. The number of hydrogen-bond donors (Lipinski definition) is 0. The molecule has 2 aromatic rings. The predicted molar refractivity (Wildman–Crippen MR) is 137 cm³/mol. The minimum Gasteiger partial charge on any atom is -0.207 e. The topological polar surface area (TPSA) is 0 Å². The molecular formula is C31H37ClF4. The summed E-state index contributed by atoms with van der Waals surface area (Å²) in [5.74, 6) is 0.178. The molecule has 3 aliphatic rings. The Balaban J connectivity index is 1.16. The lowest BCUT2D eigenvalue weighted by atomic mass is 9.67. The van der Waals surface area contributed by atoms with E-state index in [0.29, 0.717) is 28.9 Å². The first-order valence-electron chi connectivity index (χ1n) is 13.9. The van der Waals surface area contributed by atoms with E-state index in [1.54, 1.807) is 12.1 Å². The van der Waals surface area contributed by atoms with Gasteiger partial charge in [-0.2, -0.15) is 0 Å². The van der Waals surface area contributed by atoms with E-state index in [1.165, 1.54) is 12.1 Å². The van der Waals surface area contributed by atoms with Crippen LogP contribution in [0.15, 0.2) is 24.3 Å². The summed E-state index contributed by atoms with van der Waals surface area (Å²) < 4.78 is 58.1. The molecule has 196 valence electrons. The Hall–Kier alpha value is -1.55. The average Bonchev–Trinajstić information content (AvgIpc) is 2.87. The van der Waals surface area contributed by atoms with Crippen molar-refractivity contribution in [3.63, 3.8) is 0 Å². The molecule has 0 unspecified atom stereocenters. The highest BCUT2D eigenvalue weighted by molar-refractivity contribution is 6.30. The van der Waals surface area contributed by atoms with Crippen LogP contribution in [-0.2, 0) is 0 Å². The van der Waals surface area contributed by atoms with Gasteiger partial charge >= 0.3 is 0 Å². The van der Waals surface area contributed by atoms with Gasteiger partial charge < -0.3 is 0 Å². The summed E-state index contributed by atoms with van der Waals surface area (Å²) in [5, 5.41) is -0.435. The second-order valence-electron chi connectivity index (χ2n) is 11.9. The fourth-order valence-electron chi connectivity index (χ4n) is 7.44. The SMILES string of the molecule is CC1CCC(c2cc(F)c(C3CCC(C4CCC(c5cc(F)c(Cl)c(F)c5)CC4)CC3)c(F)c2)CC1. The highest BCUT2D eigenvalue weighted by Crippen LogP contribution is 2.47. The van der Waals surface area contributed by atoms with Crippen molar-refractivity contribution in [1.29, 1.82) is 0 Å². The van der Waals surface area contributed by atoms with Crippen molar-refractivity contribution in [2.75, 3.05) is 0 Å². The molecule has 0 aliphatic heterocycles. The Bertz CT molecular complexity index is 1010. The van der Waals surface area contributed by atoms with Gasteiger partial charge in [-0.05, 0) is 135 Å². The van der Waals surface area contributed by atoms with Crippen LogP contribution in [0, 0.1) is 41.0 Å². The van der Waals surface area contributed by atoms with Gasteiger partial charge in [0.15, 0.2) is 0 Å². The van der Waals surface area contributed by atoms with Crippen LogP contribution in [0.3, 0.4) is 0 Å². The molecule has 0 N–H and O–H groups in total. The first-order chi connectivity index (χ1) is 17.3. The Morgan fingerprint density at radius 1 is 0.528 bits per heavy atom. The van der Waals surface area contributed by atoms with Crippen molar-refractivity contribution in [2.24, 2.45) is 17.8 Å². The highest BCUT2D eigenvalue weighted by Gasteiger charge is 2.34. The van der Waals surface area contributed by atoms with E-state index < -0.39 is 16.7 Å². The third kappa shape index (κ3) is 5.49. The van der Waals surface area contributed by atoms with Crippen LogP contribution in [0.1, 0.15) is 118 Å². The predicted octanol–water partition coefficient (Wildman–Crippen LogP) is 10.4. The van der Waals surface area contributed by atoms with Crippen LogP contribution in [0.25, 0.3) is 0 Å². The molecule has 0 spiro atoms. The van der Waals surface area contributed by atoms with Crippen molar-refractivity contribution in [1.82, 2.24) is 0 Å². The van der Waals surface area contributed by atoms with Gasteiger partial charge in [-0.25, -0.2) is 17.6 Å². The van der Waals surface area contributed by atoms with Crippen LogP contribution in [-0.4, -0.2) is 0 Å². The Labute approximate surface area is 217 Å². The van der Waals surface area contributed by atoms with E-state index in [2.05, 4.69) is 6.92 Å². The zero-order chi connectivity index (χ0) is 25.4. The molecule has 0 heterocycles. The summed E-state index contributed by atoms with van der Waals surface area (Å²) >= 11 is 5.64. The van der Waals surface area contributed by atoms with Crippen LogP contribution in [0.5, 0.6) is 0 Å². The molecule has 3 fully saturated rings. The third-order valence-electron chi connectivity index (χ3n) is 9.68. The van der Waals surface area contributed by atoms with E-state index in [1.807, 2.05) is 0 Å². The molecule has 0 atom stereocenters. The largest absolute Gasteiger partial charge is 0.207 e. The molecule has 3 aliphatic carbocycles. The van der Waals surface area contributed by atoms with Crippen LogP contribution in [0.4, 0.5) is 17.6 Å². The minimum atomic E-state index is -0.687. The van der Waals surface area contributed by atoms with Crippen LogP contribution in [0.2, 0.25) is 5.02 Å². The van der Waals surface area contributed by atoms with Crippen molar-refractivity contribution < 1.29 is 17.6 Å². The highest BCUT2D eigenvalue weighted by atomic mass is 35.5. The smallest absolute Gasteiger partial charge is 0.145 e. The summed E-state index contributed by atoms with van der Waals surface area (Å²) in [7, 11) is 0. The molecule has 3 saturated carbocycles. The monoisotopic (exact) mass is 520 g/mol. The van der Waals surface area contributed by atoms with Gasteiger partial charge in [-0.15, -0.1) is 0 Å². The van der Waals surface area contributed by atoms with Crippen molar-refractivity contribution in [2.45, 2.75) is 102 Å². The molecule has 5 heteroatoms. The van der Waals surface area contributed by atoms with Gasteiger partial charge in [-0.3, -0.25) is 0 Å². The number of benzene rings is 2. The Morgan fingerprint density at radius 3 is 1.33 bits per heavy atom. The van der Waals surface area contributed by atoms with E-state index >= 15 is 8.78 Å². The first kappa shape index (κ1) is 26.1. The summed E-state index contributed by atoms with van der Waals surface area (Å²) in [4.78, 5) is 0. The lowest BCUT2D eigenvalue weighted by Crippen LogP contribution is -2.25. The summed E-state index contributed by atoms with van der Waals surface area (Å²) in [6, 6.07) is 6.00. The van der Waals surface area contributed by atoms with Gasteiger partial charge in [0.2, 0.25) is 0 Å². The number of hydrogen-bond acceptors (Lipinski definition) is 0. The van der Waals surface area contributed by atoms with Crippen LogP contribution >= 0.6 is 11.6 Å². The maximum atomic E-state index is 15.2. The van der Waals surface area contributed by atoms with Crippen LogP contribution < -0.4 is 0 Å². The van der Waals surface area contributed by atoms with Gasteiger partial charge in [0, 0.05) is 5.56 Å². The molecule has 0 amide bonds. The van der Waals surface area contributed by atoms with Gasteiger partial charge in [-0.1, -0.05) is 31.4 Å². The molecular weight excluding hydrogens is 484 g/mol. The van der Waals surface area contributed by atoms with Crippen molar-refractivity contribution in [3.05, 3.63) is 69.2 Å². The zero-order valence-electron chi connectivity index (χ0n) is 21.1. The second kappa shape index (κ2) is 11.1. The fourth-order valence-corrected chi connectivity index (χ4v) is 7.55. The van der Waals surface area contributed by atoms with Gasteiger partial charge in [0.05, 0.1) is 0 Å². The standard InChI is InChI=1S/C31H37ClF4/c1-18-2-4-21(5-3-18)24-14-26(33)30(27(34)15-24)23-12-10-20(11-13-23)19-6-8-22(9-7-19)25-16-28(35)31(32)29(36)17-25/h14-23H,2-13H2,1H3. The van der Waals surface area contributed by atoms with E-state index in [9.17, 15) is 8.78 Å². The molecule has 0 bridgehead atoms.